The smallest absolute Gasteiger partial charge is 0.254 e. The average molecular weight is 321 g/mol. The molecule has 1 N–H and O–H groups in total. The third kappa shape index (κ3) is 2.98. The molecule has 2 heterocycles. The van der Waals surface area contributed by atoms with Gasteiger partial charge in [-0.05, 0) is 31.2 Å². The maximum absolute atomic E-state index is 4.68. The summed E-state index contributed by atoms with van der Waals surface area (Å²) >= 11 is 0. The van der Waals surface area contributed by atoms with E-state index in [0.717, 1.165) is 23.9 Å². The van der Waals surface area contributed by atoms with E-state index >= 15 is 0 Å². The summed E-state index contributed by atoms with van der Waals surface area (Å²) in [5.41, 5.74) is 3.57. The van der Waals surface area contributed by atoms with E-state index < -0.39 is 0 Å². The van der Waals surface area contributed by atoms with Gasteiger partial charge in [0.2, 0.25) is 0 Å². The Morgan fingerprint density at radius 1 is 1.17 bits per heavy atom. The standard InChI is InChI=1S/C19H23N5/c1-12(2)16-10-17(20-11-14-6-4-13(3)5-7-14)24-19(21-16)22-18(23-24)15-8-9-15/h4-7,10,12,15,20H,8-9,11H2,1-3H3. The van der Waals surface area contributed by atoms with E-state index in [1.165, 1.54) is 24.0 Å². The molecular weight excluding hydrogens is 298 g/mol. The molecule has 24 heavy (non-hydrogen) atoms. The Kier molecular flexibility index (Phi) is 3.71. The SMILES string of the molecule is Cc1ccc(CNc2cc(C(C)C)nc3nc(C4CC4)nn23)cc1. The van der Waals surface area contributed by atoms with Crippen LogP contribution in [0.2, 0.25) is 0 Å². The average Bonchev–Trinajstić information content (AvgIpc) is 3.33. The molecule has 0 amide bonds. The van der Waals surface area contributed by atoms with Crippen LogP contribution in [0.5, 0.6) is 0 Å². The van der Waals surface area contributed by atoms with E-state index in [2.05, 4.69) is 71.5 Å². The lowest BCUT2D eigenvalue weighted by Crippen LogP contribution is -2.08. The largest absolute Gasteiger partial charge is 0.366 e. The zero-order valence-corrected chi connectivity index (χ0v) is 14.5. The van der Waals surface area contributed by atoms with E-state index in [4.69, 9.17) is 0 Å². The van der Waals surface area contributed by atoms with Crippen LogP contribution in [0.1, 0.15) is 61.2 Å². The highest BCUT2D eigenvalue weighted by Crippen LogP contribution is 2.38. The molecule has 0 spiro atoms. The fourth-order valence-corrected chi connectivity index (χ4v) is 2.74. The van der Waals surface area contributed by atoms with Crippen molar-refractivity contribution in [3.8, 4) is 0 Å². The zero-order valence-electron chi connectivity index (χ0n) is 14.5. The van der Waals surface area contributed by atoms with Gasteiger partial charge in [0, 0.05) is 18.5 Å². The van der Waals surface area contributed by atoms with E-state index in [1.807, 2.05) is 4.52 Å². The number of hydrogen-bond acceptors (Lipinski definition) is 4. The van der Waals surface area contributed by atoms with Gasteiger partial charge in [-0.15, -0.1) is 5.10 Å². The Bertz CT molecular complexity index is 859. The summed E-state index contributed by atoms with van der Waals surface area (Å²) < 4.78 is 1.85. The van der Waals surface area contributed by atoms with E-state index in [9.17, 15) is 0 Å². The van der Waals surface area contributed by atoms with Gasteiger partial charge >= 0.3 is 0 Å². The molecule has 0 unspecified atom stereocenters. The van der Waals surface area contributed by atoms with E-state index in [0.29, 0.717) is 17.6 Å². The van der Waals surface area contributed by atoms with Crippen LogP contribution in [0.25, 0.3) is 5.78 Å². The number of nitrogens with one attached hydrogen (secondary N) is 1. The van der Waals surface area contributed by atoms with Crippen LogP contribution in [0.15, 0.2) is 30.3 Å². The van der Waals surface area contributed by atoms with Crippen molar-refractivity contribution >= 4 is 11.6 Å². The lowest BCUT2D eigenvalue weighted by Gasteiger charge is -2.11. The van der Waals surface area contributed by atoms with Gasteiger partial charge in [-0.1, -0.05) is 43.7 Å². The zero-order chi connectivity index (χ0) is 16.7. The van der Waals surface area contributed by atoms with E-state index in [-0.39, 0.29) is 0 Å². The molecule has 2 aromatic heterocycles. The molecule has 0 bridgehead atoms. The normalized spacial score (nSPS) is 14.5. The summed E-state index contributed by atoms with van der Waals surface area (Å²) in [6.45, 7) is 7.17. The van der Waals surface area contributed by atoms with Crippen LogP contribution >= 0.6 is 0 Å². The van der Waals surface area contributed by atoms with Gasteiger partial charge in [-0.3, -0.25) is 0 Å². The first-order valence-electron chi connectivity index (χ1n) is 8.67. The predicted octanol–water partition coefficient (Wildman–Crippen LogP) is 4.05. The fourth-order valence-electron chi connectivity index (χ4n) is 2.74. The number of rotatable bonds is 5. The topological polar surface area (TPSA) is 55.1 Å². The number of nitrogens with zero attached hydrogens (tertiary/aromatic N) is 4. The molecule has 1 fully saturated rings. The van der Waals surface area contributed by atoms with Crippen LogP contribution in [0.4, 0.5) is 5.82 Å². The number of anilines is 1. The summed E-state index contributed by atoms with van der Waals surface area (Å²) in [5, 5.41) is 8.19. The van der Waals surface area contributed by atoms with Crippen LogP contribution in [0, 0.1) is 6.92 Å². The Labute approximate surface area is 142 Å². The third-order valence-corrected chi connectivity index (χ3v) is 4.48. The van der Waals surface area contributed by atoms with Crippen LogP contribution in [-0.2, 0) is 6.54 Å². The maximum Gasteiger partial charge on any atom is 0.254 e. The Morgan fingerprint density at radius 2 is 1.92 bits per heavy atom. The van der Waals surface area contributed by atoms with Gasteiger partial charge in [-0.25, -0.2) is 4.98 Å². The van der Waals surface area contributed by atoms with Gasteiger partial charge in [-0.2, -0.15) is 9.50 Å². The molecule has 1 saturated carbocycles. The Hall–Kier alpha value is -2.43. The first-order valence-corrected chi connectivity index (χ1v) is 8.67. The van der Waals surface area contributed by atoms with Crippen molar-refractivity contribution in [2.75, 3.05) is 5.32 Å². The molecule has 1 aromatic carbocycles. The third-order valence-electron chi connectivity index (χ3n) is 4.48. The molecular formula is C19H23N5. The second-order valence-corrected chi connectivity index (χ2v) is 7.02. The van der Waals surface area contributed by atoms with Crippen molar-refractivity contribution in [2.24, 2.45) is 0 Å². The lowest BCUT2D eigenvalue weighted by atomic mass is 10.1. The van der Waals surface area contributed by atoms with Crippen molar-refractivity contribution in [3.05, 3.63) is 53.0 Å². The van der Waals surface area contributed by atoms with Crippen molar-refractivity contribution in [1.82, 2.24) is 19.6 Å². The van der Waals surface area contributed by atoms with Gasteiger partial charge < -0.3 is 5.32 Å². The second-order valence-electron chi connectivity index (χ2n) is 7.02. The predicted molar refractivity (Wildman–Crippen MR) is 95.4 cm³/mol. The van der Waals surface area contributed by atoms with Crippen LogP contribution < -0.4 is 5.32 Å². The molecule has 5 heteroatoms. The molecule has 5 nitrogen and oxygen atoms in total. The number of fused-ring (bicyclic) bond motifs is 1. The highest BCUT2D eigenvalue weighted by atomic mass is 15.4. The maximum atomic E-state index is 4.68. The molecule has 0 radical (unpaired) electrons. The highest BCUT2D eigenvalue weighted by Gasteiger charge is 2.28. The Morgan fingerprint density at radius 3 is 2.58 bits per heavy atom. The van der Waals surface area contributed by atoms with Crippen molar-refractivity contribution in [3.63, 3.8) is 0 Å². The van der Waals surface area contributed by atoms with Crippen molar-refractivity contribution < 1.29 is 0 Å². The number of aromatic nitrogens is 4. The minimum Gasteiger partial charge on any atom is -0.366 e. The molecule has 0 aliphatic heterocycles. The molecule has 1 aliphatic rings. The van der Waals surface area contributed by atoms with Crippen molar-refractivity contribution in [1.29, 1.82) is 0 Å². The summed E-state index contributed by atoms with van der Waals surface area (Å²) in [5.74, 6) is 3.48. The molecule has 124 valence electrons. The number of benzene rings is 1. The summed E-state index contributed by atoms with van der Waals surface area (Å²) in [6.07, 6.45) is 2.39. The molecule has 0 saturated heterocycles. The van der Waals surface area contributed by atoms with Crippen LogP contribution in [-0.4, -0.2) is 19.6 Å². The second kappa shape index (κ2) is 5.89. The summed E-state index contributed by atoms with van der Waals surface area (Å²) in [4.78, 5) is 9.33. The summed E-state index contributed by atoms with van der Waals surface area (Å²) in [7, 11) is 0. The quantitative estimate of drug-likeness (QED) is 0.770. The first kappa shape index (κ1) is 15.1. The monoisotopic (exact) mass is 321 g/mol. The first-order chi connectivity index (χ1) is 11.6. The van der Waals surface area contributed by atoms with Crippen molar-refractivity contribution in [2.45, 2.75) is 52.0 Å². The number of aryl methyl sites for hydroxylation is 1. The van der Waals surface area contributed by atoms with Gasteiger partial charge in [0.1, 0.15) is 5.82 Å². The van der Waals surface area contributed by atoms with Gasteiger partial charge in [0.25, 0.3) is 5.78 Å². The Balaban J connectivity index is 1.67. The minimum atomic E-state index is 0.357. The molecule has 3 aromatic rings. The fraction of sp³-hybridized carbons (Fsp3) is 0.421. The molecule has 0 atom stereocenters. The van der Waals surface area contributed by atoms with Gasteiger partial charge in [0.15, 0.2) is 5.82 Å². The van der Waals surface area contributed by atoms with Gasteiger partial charge in [0.05, 0.1) is 5.69 Å². The number of hydrogen-bond donors (Lipinski definition) is 1. The summed E-state index contributed by atoms with van der Waals surface area (Å²) in [6, 6.07) is 10.7. The lowest BCUT2D eigenvalue weighted by molar-refractivity contribution is 0.803. The highest BCUT2D eigenvalue weighted by molar-refractivity contribution is 5.47. The van der Waals surface area contributed by atoms with Crippen LogP contribution in [0.3, 0.4) is 0 Å². The van der Waals surface area contributed by atoms with E-state index in [1.54, 1.807) is 0 Å². The molecule has 4 rings (SSSR count). The molecule has 1 aliphatic carbocycles. The minimum absolute atomic E-state index is 0.357.